The van der Waals surface area contributed by atoms with Gasteiger partial charge in [0.2, 0.25) is 5.91 Å². The second kappa shape index (κ2) is 11.0. The number of hydroxylamine groups is 2. The number of rotatable bonds is 8. The average Bonchev–Trinajstić information content (AvgIpc) is 3.02. The van der Waals surface area contributed by atoms with Crippen LogP contribution >= 0.6 is 0 Å². The Hall–Kier alpha value is -3.63. The molecular formula is C20H26N4O7. The molecule has 1 heterocycles. The van der Waals surface area contributed by atoms with Crippen LogP contribution in [0.4, 0.5) is 9.59 Å². The molecule has 0 aromatic heterocycles. The molecule has 2 atom stereocenters. The van der Waals surface area contributed by atoms with Crippen molar-refractivity contribution in [1.29, 1.82) is 0 Å². The molecule has 1 aromatic carbocycles. The molecule has 5 amide bonds. The minimum Gasteiger partial charge on any atom is -0.445 e. The van der Waals surface area contributed by atoms with Crippen molar-refractivity contribution in [3.63, 3.8) is 0 Å². The molecule has 1 fully saturated rings. The number of amides is 5. The van der Waals surface area contributed by atoms with Crippen molar-refractivity contribution in [2.45, 2.75) is 52.4 Å². The summed E-state index contributed by atoms with van der Waals surface area (Å²) in [6.45, 7) is 4.98. The van der Waals surface area contributed by atoms with Gasteiger partial charge in [-0.05, 0) is 18.4 Å². The largest absolute Gasteiger partial charge is 0.445 e. The van der Waals surface area contributed by atoms with Gasteiger partial charge in [0, 0.05) is 12.8 Å². The van der Waals surface area contributed by atoms with Gasteiger partial charge in [-0.15, -0.1) is 5.06 Å². The van der Waals surface area contributed by atoms with Gasteiger partial charge in [-0.25, -0.2) is 9.59 Å². The number of nitrogens with zero attached hydrogens (tertiary/aromatic N) is 1. The second-order valence-corrected chi connectivity index (χ2v) is 7.26. The summed E-state index contributed by atoms with van der Waals surface area (Å²) < 4.78 is 5.13. The Morgan fingerprint density at radius 2 is 1.55 bits per heavy atom. The van der Waals surface area contributed by atoms with E-state index in [2.05, 4.69) is 20.8 Å². The number of ether oxygens (including phenoxy) is 1. The summed E-state index contributed by atoms with van der Waals surface area (Å²) in [6, 6.07) is 8.15. The van der Waals surface area contributed by atoms with Crippen LogP contribution in [-0.2, 0) is 30.6 Å². The molecule has 0 bridgehead atoms. The molecule has 11 heteroatoms. The standard InChI is InChI=1S/C20H26N4O7/c1-12(2)17(23-19(28)30-11-14-7-5-4-6-8-14)18(27)21-13(3)22-20(29)31-24-15(25)9-10-16(24)26/h4-8,12-13,17H,9-11H2,1-3H3,(H,21,27)(H,22,29)(H,23,28)/t13-,17-/m0/s1. The Bertz CT molecular complexity index is 812. The van der Waals surface area contributed by atoms with E-state index in [1.807, 2.05) is 18.2 Å². The maximum Gasteiger partial charge on any atom is 0.433 e. The fourth-order valence-corrected chi connectivity index (χ4v) is 2.71. The summed E-state index contributed by atoms with van der Waals surface area (Å²) in [4.78, 5) is 64.1. The quantitative estimate of drug-likeness (QED) is 0.412. The highest BCUT2D eigenvalue weighted by molar-refractivity contribution is 6.01. The smallest absolute Gasteiger partial charge is 0.433 e. The molecule has 0 radical (unpaired) electrons. The minimum atomic E-state index is -1.08. The van der Waals surface area contributed by atoms with E-state index in [-0.39, 0.29) is 25.4 Å². The third-order valence-electron chi connectivity index (χ3n) is 4.31. The molecule has 168 valence electrons. The lowest BCUT2D eigenvalue weighted by atomic mass is 10.0. The predicted octanol–water partition coefficient (Wildman–Crippen LogP) is 1.19. The summed E-state index contributed by atoms with van der Waals surface area (Å²) in [5.74, 6) is -2.07. The van der Waals surface area contributed by atoms with E-state index in [1.54, 1.807) is 26.0 Å². The highest BCUT2D eigenvalue weighted by atomic mass is 16.7. The van der Waals surface area contributed by atoms with Crippen molar-refractivity contribution in [2.75, 3.05) is 0 Å². The van der Waals surface area contributed by atoms with Crippen LogP contribution in [-0.4, -0.2) is 47.2 Å². The lowest BCUT2D eigenvalue weighted by molar-refractivity contribution is -0.171. The van der Waals surface area contributed by atoms with Gasteiger partial charge in [0.15, 0.2) is 0 Å². The van der Waals surface area contributed by atoms with Crippen LogP contribution in [0.1, 0.15) is 39.2 Å². The maximum absolute atomic E-state index is 12.5. The van der Waals surface area contributed by atoms with E-state index in [4.69, 9.17) is 4.74 Å². The minimum absolute atomic E-state index is 0.0273. The van der Waals surface area contributed by atoms with Gasteiger partial charge < -0.3 is 20.2 Å². The Morgan fingerprint density at radius 1 is 0.935 bits per heavy atom. The van der Waals surface area contributed by atoms with E-state index in [9.17, 15) is 24.0 Å². The third-order valence-corrected chi connectivity index (χ3v) is 4.31. The summed E-state index contributed by atoms with van der Waals surface area (Å²) in [7, 11) is 0. The first-order valence-electron chi connectivity index (χ1n) is 9.79. The number of alkyl carbamates (subject to hydrolysis) is 1. The zero-order valence-corrected chi connectivity index (χ0v) is 17.5. The van der Waals surface area contributed by atoms with Gasteiger partial charge in [-0.3, -0.25) is 19.7 Å². The van der Waals surface area contributed by atoms with Gasteiger partial charge in [-0.1, -0.05) is 44.2 Å². The molecule has 0 unspecified atom stereocenters. The first-order valence-corrected chi connectivity index (χ1v) is 9.79. The van der Waals surface area contributed by atoms with E-state index in [1.165, 1.54) is 6.92 Å². The van der Waals surface area contributed by atoms with Crippen LogP contribution in [0.15, 0.2) is 30.3 Å². The molecule has 3 N–H and O–H groups in total. The van der Waals surface area contributed by atoms with E-state index in [0.29, 0.717) is 5.06 Å². The van der Waals surface area contributed by atoms with Crippen molar-refractivity contribution in [3.8, 4) is 0 Å². The van der Waals surface area contributed by atoms with Gasteiger partial charge in [0.25, 0.3) is 11.8 Å². The first kappa shape index (κ1) is 23.6. The molecule has 0 spiro atoms. The highest BCUT2D eigenvalue weighted by Gasteiger charge is 2.33. The van der Waals surface area contributed by atoms with Crippen molar-refractivity contribution in [1.82, 2.24) is 21.0 Å². The topological polar surface area (TPSA) is 143 Å². The normalized spacial score (nSPS) is 15.3. The van der Waals surface area contributed by atoms with Gasteiger partial charge in [-0.2, -0.15) is 0 Å². The number of carbonyl (C=O) groups excluding carboxylic acids is 5. The Kier molecular flexibility index (Phi) is 8.35. The predicted molar refractivity (Wildman–Crippen MR) is 107 cm³/mol. The Labute approximate surface area is 179 Å². The number of hydrogen-bond donors (Lipinski definition) is 3. The zero-order chi connectivity index (χ0) is 23.0. The number of hydrogen-bond acceptors (Lipinski definition) is 7. The van der Waals surface area contributed by atoms with Crippen molar-refractivity contribution < 1.29 is 33.5 Å². The molecule has 1 saturated heterocycles. The number of benzene rings is 1. The summed E-state index contributed by atoms with van der Waals surface area (Å²) in [5.41, 5.74) is 0.800. The summed E-state index contributed by atoms with van der Waals surface area (Å²) >= 11 is 0. The van der Waals surface area contributed by atoms with Crippen molar-refractivity contribution >= 4 is 29.9 Å². The van der Waals surface area contributed by atoms with Crippen molar-refractivity contribution in [2.24, 2.45) is 5.92 Å². The SMILES string of the molecule is CC(C)[C@H](NC(=O)OCc1ccccc1)C(=O)N[C@H](C)NC(=O)ON1C(=O)CCC1=O. The lowest BCUT2D eigenvalue weighted by Gasteiger charge is -2.24. The molecule has 31 heavy (non-hydrogen) atoms. The molecule has 11 nitrogen and oxygen atoms in total. The summed E-state index contributed by atoms with van der Waals surface area (Å²) in [5, 5.41) is 7.69. The number of imide groups is 1. The molecule has 1 aliphatic heterocycles. The first-order chi connectivity index (χ1) is 14.7. The van der Waals surface area contributed by atoms with Crippen LogP contribution in [0.2, 0.25) is 0 Å². The van der Waals surface area contributed by atoms with Crippen LogP contribution in [0.5, 0.6) is 0 Å². The maximum atomic E-state index is 12.5. The average molecular weight is 434 g/mol. The number of nitrogens with one attached hydrogen (secondary N) is 3. The van der Waals surface area contributed by atoms with Crippen LogP contribution < -0.4 is 16.0 Å². The Balaban J connectivity index is 1.82. The van der Waals surface area contributed by atoms with Crippen LogP contribution in [0, 0.1) is 5.92 Å². The zero-order valence-electron chi connectivity index (χ0n) is 17.5. The monoisotopic (exact) mass is 434 g/mol. The summed E-state index contributed by atoms with van der Waals surface area (Å²) in [6.07, 6.45) is -2.80. The molecule has 1 aromatic rings. The van der Waals surface area contributed by atoms with Gasteiger partial charge in [0.1, 0.15) is 18.8 Å². The fourth-order valence-electron chi connectivity index (χ4n) is 2.71. The highest BCUT2D eigenvalue weighted by Crippen LogP contribution is 2.12. The Morgan fingerprint density at radius 3 is 2.13 bits per heavy atom. The molecule has 1 aliphatic rings. The van der Waals surface area contributed by atoms with E-state index < -0.39 is 42.1 Å². The van der Waals surface area contributed by atoms with Crippen LogP contribution in [0.25, 0.3) is 0 Å². The van der Waals surface area contributed by atoms with Crippen LogP contribution in [0.3, 0.4) is 0 Å². The lowest BCUT2D eigenvalue weighted by Crippen LogP contribution is -2.55. The molecule has 0 aliphatic carbocycles. The molecule has 0 saturated carbocycles. The second-order valence-electron chi connectivity index (χ2n) is 7.26. The van der Waals surface area contributed by atoms with Crippen molar-refractivity contribution in [3.05, 3.63) is 35.9 Å². The third kappa shape index (κ3) is 7.28. The van der Waals surface area contributed by atoms with E-state index >= 15 is 0 Å². The number of carbonyl (C=O) groups is 5. The van der Waals surface area contributed by atoms with Gasteiger partial charge in [0.05, 0.1) is 0 Å². The molecular weight excluding hydrogens is 408 g/mol. The fraction of sp³-hybridized carbons (Fsp3) is 0.450. The van der Waals surface area contributed by atoms with E-state index in [0.717, 1.165) is 5.56 Å². The van der Waals surface area contributed by atoms with Gasteiger partial charge >= 0.3 is 12.2 Å². The molecule has 2 rings (SSSR count).